The van der Waals surface area contributed by atoms with Crippen molar-refractivity contribution < 1.29 is 23.4 Å². The molecule has 3 aromatic rings. The van der Waals surface area contributed by atoms with Gasteiger partial charge in [-0.05, 0) is 55.8 Å². The maximum absolute atomic E-state index is 13.4. The van der Waals surface area contributed by atoms with E-state index < -0.39 is 23.7 Å². The van der Waals surface area contributed by atoms with Crippen LogP contribution in [0, 0.1) is 18.6 Å². The third-order valence-corrected chi connectivity index (χ3v) is 5.95. The van der Waals surface area contributed by atoms with E-state index in [1.54, 1.807) is 6.07 Å². The van der Waals surface area contributed by atoms with Crippen molar-refractivity contribution in [2.75, 3.05) is 0 Å². The lowest BCUT2D eigenvalue weighted by atomic mass is 10.2. The fourth-order valence-corrected chi connectivity index (χ4v) is 4.10. The third kappa shape index (κ3) is 4.85. The summed E-state index contributed by atoms with van der Waals surface area (Å²) in [5.41, 5.74) is 1.32. The van der Waals surface area contributed by atoms with E-state index >= 15 is 0 Å². The molecule has 1 heterocycles. The van der Waals surface area contributed by atoms with E-state index in [4.69, 9.17) is 9.84 Å². The highest BCUT2D eigenvalue weighted by Crippen LogP contribution is 2.31. The first-order valence-electron chi connectivity index (χ1n) is 8.24. The molecule has 9 heteroatoms. The van der Waals surface area contributed by atoms with Crippen LogP contribution in [0.2, 0.25) is 0 Å². The molecular weight excluding hydrogens is 406 g/mol. The first kappa shape index (κ1) is 20.2. The van der Waals surface area contributed by atoms with Gasteiger partial charge in [-0.2, -0.15) is 0 Å². The minimum atomic E-state index is -1.02. The van der Waals surface area contributed by atoms with Gasteiger partial charge in [-0.25, -0.2) is 13.6 Å². The van der Waals surface area contributed by atoms with Crippen molar-refractivity contribution in [2.24, 2.45) is 0 Å². The number of rotatable bonds is 7. The molecular formula is C19H16F2N2O3S2. The van der Waals surface area contributed by atoms with Gasteiger partial charge in [0.2, 0.25) is 0 Å². The molecule has 1 aromatic heterocycles. The molecule has 0 bridgehead atoms. The monoisotopic (exact) mass is 422 g/mol. The number of ether oxygens (including phenoxy) is 1. The largest absolute Gasteiger partial charge is 0.479 e. The summed E-state index contributed by atoms with van der Waals surface area (Å²) in [5, 5.41) is 18.3. The van der Waals surface area contributed by atoms with Crippen LogP contribution in [0.4, 0.5) is 8.78 Å². The zero-order valence-corrected chi connectivity index (χ0v) is 16.6. The van der Waals surface area contributed by atoms with Gasteiger partial charge in [0, 0.05) is 10.5 Å². The van der Waals surface area contributed by atoms with E-state index in [1.165, 1.54) is 36.1 Å². The van der Waals surface area contributed by atoms with Crippen LogP contribution in [0.3, 0.4) is 0 Å². The molecule has 0 radical (unpaired) electrons. The predicted molar refractivity (Wildman–Crippen MR) is 104 cm³/mol. The molecule has 0 amide bonds. The topological polar surface area (TPSA) is 72.3 Å². The van der Waals surface area contributed by atoms with E-state index in [2.05, 4.69) is 10.2 Å². The van der Waals surface area contributed by atoms with Gasteiger partial charge >= 0.3 is 5.97 Å². The van der Waals surface area contributed by atoms with Crippen LogP contribution in [0.1, 0.15) is 17.5 Å². The fourth-order valence-electron chi connectivity index (χ4n) is 2.29. The second-order valence-electron chi connectivity index (χ2n) is 5.94. The van der Waals surface area contributed by atoms with Crippen LogP contribution >= 0.6 is 23.1 Å². The number of carboxylic acid groups (broad SMARTS) is 1. The lowest BCUT2D eigenvalue weighted by Crippen LogP contribution is -2.23. The number of carboxylic acids is 1. The van der Waals surface area contributed by atoms with Gasteiger partial charge in [0.1, 0.15) is 15.8 Å². The van der Waals surface area contributed by atoms with Gasteiger partial charge < -0.3 is 9.84 Å². The Kier molecular flexibility index (Phi) is 6.25. The normalized spacial score (nSPS) is 12.0. The minimum Gasteiger partial charge on any atom is -0.479 e. The quantitative estimate of drug-likeness (QED) is 0.544. The highest BCUT2D eigenvalue weighted by molar-refractivity contribution is 7.98. The molecule has 0 fully saturated rings. The van der Waals surface area contributed by atoms with Crippen molar-refractivity contribution in [3.8, 4) is 16.3 Å². The van der Waals surface area contributed by atoms with Gasteiger partial charge in [0.15, 0.2) is 17.7 Å². The molecule has 146 valence electrons. The Morgan fingerprint density at radius 1 is 1.21 bits per heavy atom. The number of aryl methyl sites for hydroxylation is 1. The average molecular weight is 422 g/mol. The van der Waals surface area contributed by atoms with Gasteiger partial charge in [-0.3, -0.25) is 0 Å². The summed E-state index contributed by atoms with van der Waals surface area (Å²) in [6.45, 7) is 3.32. The Bertz CT molecular complexity index is 1010. The molecule has 3 rings (SSSR count). The Hall–Kier alpha value is -2.52. The zero-order chi connectivity index (χ0) is 20.3. The van der Waals surface area contributed by atoms with Crippen molar-refractivity contribution in [1.29, 1.82) is 0 Å². The maximum Gasteiger partial charge on any atom is 0.344 e. The van der Waals surface area contributed by atoms with E-state index in [1.807, 2.05) is 19.1 Å². The summed E-state index contributed by atoms with van der Waals surface area (Å²) in [7, 11) is 0. The molecule has 2 aromatic carbocycles. The second kappa shape index (κ2) is 8.66. The van der Waals surface area contributed by atoms with E-state index in [0.29, 0.717) is 22.1 Å². The smallest absolute Gasteiger partial charge is 0.344 e. The third-order valence-electron chi connectivity index (χ3n) is 3.79. The first-order valence-corrected chi connectivity index (χ1v) is 10.0. The molecule has 0 spiro atoms. The summed E-state index contributed by atoms with van der Waals surface area (Å²) < 4.78 is 31.8. The Morgan fingerprint density at radius 2 is 2.00 bits per heavy atom. The number of thioether (sulfide) groups is 1. The number of aromatic nitrogens is 2. The molecule has 0 saturated heterocycles. The number of halogens is 2. The molecule has 0 aliphatic heterocycles. The lowest BCUT2D eigenvalue weighted by Gasteiger charge is -2.13. The van der Waals surface area contributed by atoms with E-state index in [9.17, 15) is 13.6 Å². The first-order chi connectivity index (χ1) is 13.3. The van der Waals surface area contributed by atoms with Crippen LogP contribution in [0.25, 0.3) is 10.6 Å². The summed E-state index contributed by atoms with van der Waals surface area (Å²) in [5.74, 6) is -1.75. The molecule has 0 aliphatic carbocycles. The van der Waals surface area contributed by atoms with Crippen LogP contribution in [0.5, 0.6) is 5.75 Å². The summed E-state index contributed by atoms with van der Waals surface area (Å²) >= 11 is 2.85. The van der Waals surface area contributed by atoms with Crippen molar-refractivity contribution in [2.45, 2.75) is 30.6 Å². The number of aliphatic carboxylic acids is 1. The van der Waals surface area contributed by atoms with Crippen molar-refractivity contribution >= 4 is 29.1 Å². The summed E-state index contributed by atoms with van der Waals surface area (Å²) in [6.07, 6.45) is -0.923. The minimum absolute atomic E-state index is 0.484. The molecule has 0 saturated carbocycles. The summed E-state index contributed by atoms with van der Waals surface area (Å²) in [6, 6.07) is 9.13. The Labute approximate surface area is 168 Å². The van der Waals surface area contributed by atoms with Gasteiger partial charge in [0.25, 0.3) is 0 Å². The van der Waals surface area contributed by atoms with Crippen LogP contribution in [0.15, 0.2) is 41.3 Å². The number of hydrogen-bond acceptors (Lipinski definition) is 6. The predicted octanol–water partition coefficient (Wildman–Crippen LogP) is 4.94. The standard InChI is InChI=1S/C19H16F2N2O3S2/c1-10-7-13(4-6-16(10)26-11(2)19(24)25)27-9-17-22-23-18(28-17)12-3-5-14(20)15(21)8-12/h3-8,11H,9H2,1-2H3,(H,24,25). The molecule has 0 aliphatic rings. The number of benzene rings is 2. The van der Waals surface area contributed by atoms with Crippen LogP contribution in [-0.4, -0.2) is 27.4 Å². The highest BCUT2D eigenvalue weighted by Gasteiger charge is 2.14. The number of hydrogen-bond donors (Lipinski definition) is 1. The van der Waals surface area contributed by atoms with Crippen molar-refractivity contribution in [3.63, 3.8) is 0 Å². The van der Waals surface area contributed by atoms with Gasteiger partial charge in [0.05, 0.1) is 5.75 Å². The number of carbonyl (C=O) groups is 1. The van der Waals surface area contributed by atoms with Crippen LogP contribution in [-0.2, 0) is 10.5 Å². The maximum atomic E-state index is 13.4. The van der Waals surface area contributed by atoms with Crippen molar-refractivity contribution in [3.05, 3.63) is 58.6 Å². The van der Waals surface area contributed by atoms with E-state index in [-0.39, 0.29) is 0 Å². The SMILES string of the molecule is Cc1cc(SCc2nnc(-c3ccc(F)c(F)c3)s2)ccc1OC(C)C(=O)O. The van der Waals surface area contributed by atoms with E-state index in [0.717, 1.165) is 27.6 Å². The number of nitrogens with zero attached hydrogens (tertiary/aromatic N) is 2. The zero-order valence-electron chi connectivity index (χ0n) is 15.0. The van der Waals surface area contributed by atoms with Gasteiger partial charge in [-0.1, -0.05) is 11.3 Å². The second-order valence-corrected chi connectivity index (χ2v) is 8.05. The average Bonchev–Trinajstić information content (AvgIpc) is 3.13. The van der Waals surface area contributed by atoms with Crippen LogP contribution < -0.4 is 4.74 Å². The van der Waals surface area contributed by atoms with Gasteiger partial charge in [-0.15, -0.1) is 22.0 Å². The molecule has 5 nitrogen and oxygen atoms in total. The Morgan fingerprint density at radius 3 is 2.68 bits per heavy atom. The molecule has 28 heavy (non-hydrogen) atoms. The molecule has 1 N–H and O–H groups in total. The lowest BCUT2D eigenvalue weighted by molar-refractivity contribution is -0.144. The molecule has 1 unspecified atom stereocenters. The summed E-state index contributed by atoms with van der Waals surface area (Å²) in [4.78, 5) is 11.9. The fraction of sp³-hybridized carbons (Fsp3) is 0.211. The Balaban J connectivity index is 1.64. The molecule has 1 atom stereocenters. The van der Waals surface area contributed by atoms with Crippen molar-refractivity contribution in [1.82, 2.24) is 10.2 Å². The highest BCUT2D eigenvalue weighted by atomic mass is 32.2.